The average molecular weight is 578 g/mol. The third-order valence-corrected chi connectivity index (χ3v) is 7.81. The van der Waals surface area contributed by atoms with Crippen LogP contribution in [0, 0.1) is 0 Å². The highest BCUT2D eigenvalue weighted by Gasteiger charge is 2.28. The summed E-state index contributed by atoms with van der Waals surface area (Å²) in [7, 11) is -2.59. The van der Waals surface area contributed by atoms with Crippen molar-refractivity contribution < 1.29 is 17.9 Å². The van der Waals surface area contributed by atoms with Gasteiger partial charge in [0.1, 0.15) is 17.4 Å². The van der Waals surface area contributed by atoms with E-state index in [0.717, 1.165) is 9.69 Å². The predicted octanol–water partition coefficient (Wildman–Crippen LogP) is 5.55. The molecule has 0 spiro atoms. The van der Waals surface area contributed by atoms with E-state index in [1.54, 1.807) is 43.5 Å². The van der Waals surface area contributed by atoms with E-state index in [1.165, 1.54) is 36.5 Å². The number of hydrogen-bond donors (Lipinski definition) is 1. The fourth-order valence-electron chi connectivity index (χ4n) is 3.40. The molecule has 12 heteroatoms. The molecule has 3 aromatic carbocycles. The number of ether oxygens (including phenoxy) is 1. The lowest BCUT2D eigenvalue weighted by molar-refractivity contribution is -0.119. The maximum absolute atomic E-state index is 13.4. The fourth-order valence-corrected chi connectivity index (χ4v) is 5.62. The van der Waals surface area contributed by atoms with Gasteiger partial charge in [0.05, 0.1) is 34.4 Å². The zero-order valence-corrected chi connectivity index (χ0v) is 22.3. The third kappa shape index (κ3) is 6.14. The van der Waals surface area contributed by atoms with Crippen LogP contribution in [0.4, 0.5) is 5.69 Å². The van der Waals surface area contributed by atoms with Crippen molar-refractivity contribution in [3.8, 4) is 5.75 Å². The molecule has 0 bridgehead atoms. The van der Waals surface area contributed by atoms with E-state index >= 15 is 0 Å². The Morgan fingerprint density at radius 1 is 1.05 bits per heavy atom. The molecule has 1 N–H and O–H groups in total. The highest BCUT2D eigenvalue weighted by atomic mass is 35.5. The summed E-state index contributed by atoms with van der Waals surface area (Å²) in [6.45, 7) is -0.598. The largest absolute Gasteiger partial charge is 0.497 e. The molecule has 4 rings (SSSR count). The summed E-state index contributed by atoms with van der Waals surface area (Å²) in [6, 6.07) is 19.1. The predicted molar refractivity (Wildman–Crippen MR) is 146 cm³/mol. The minimum absolute atomic E-state index is 0.0111. The number of carbonyl (C=O) groups excluding carboxylic acids is 1. The van der Waals surface area contributed by atoms with Crippen LogP contribution in [0.15, 0.2) is 82.8 Å². The molecular weight excluding hydrogens is 559 g/mol. The molecule has 0 fully saturated rings. The van der Waals surface area contributed by atoms with E-state index in [-0.39, 0.29) is 20.8 Å². The molecule has 0 atom stereocenters. The number of benzene rings is 3. The van der Waals surface area contributed by atoms with Crippen LogP contribution in [-0.4, -0.2) is 39.2 Å². The minimum Gasteiger partial charge on any atom is -0.497 e. The van der Waals surface area contributed by atoms with Gasteiger partial charge in [0.15, 0.2) is 0 Å². The molecule has 0 aliphatic heterocycles. The van der Waals surface area contributed by atoms with Crippen LogP contribution in [0.2, 0.25) is 15.2 Å². The summed E-state index contributed by atoms with van der Waals surface area (Å²) in [6.07, 6.45) is 1.32. The van der Waals surface area contributed by atoms with Crippen LogP contribution in [0.5, 0.6) is 5.75 Å². The zero-order valence-electron chi connectivity index (χ0n) is 19.2. The number of sulfonamides is 1. The fraction of sp³-hybridized carbons (Fsp3) is 0.0800. The Balaban J connectivity index is 1.57. The number of halogens is 3. The monoisotopic (exact) mass is 576 g/mol. The smallest absolute Gasteiger partial charge is 0.264 e. The molecule has 37 heavy (non-hydrogen) atoms. The van der Waals surface area contributed by atoms with Crippen LogP contribution >= 0.6 is 34.8 Å². The van der Waals surface area contributed by atoms with Crippen molar-refractivity contribution in [2.75, 3.05) is 18.0 Å². The Bertz CT molecular complexity index is 1600. The lowest BCUT2D eigenvalue weighted by Gasteiger charge is -2.24. The minimum atomic E-state index is -4.15. The first-order valence-corrected chi connectivity index (χ1v) is 13.3. The van der Waals surface area contributed by atoms with Crippen molar-refractivity contribution in [1.82, 2.24) is 10.4 Å². The molecule has 4 aromatic rings. The van der Waals surface area contributed by atoms with Gasteiger partial charge in [-0.05, 0) is 48.5 Å². The van der Waals surface area contributed by atoms with Gasteiger partial charge in [0.25, 0.3) is 15.9 Å². The molecule has 0 unspecified atom stereocenters. The Labute approximate surface area is 228 Å². The summed E-state index contributed by atoms with van der Waals surface area (Å²) in [5.74, 6) is -0.0723. The van der Waals surface area contributed by atoms with Crippen LogP contribution in [0.1, 0.15) is 5.56 Å². The van der Waals surface area contributed by atoms with Crippen molar-refractivity contribution in [1.29, 1.82) is 0 Å². The van der Waals surface area contributed by atoms with Crippen molar-refractivity contribution in [2.24, 2.45) is 5.10 Å². The van der Waals surface area contributed by atoms with E-state index < -0.39 is 22.5 Å². The molecule has 190 valence electrons. The van der Waals surface area contributed by atoms with Crippen LogP contribution < -0.4 is 14.5 Å². The normalized spacial score (nSPS) is 11.6. The number of carbonyl (C=O) groups is 1. The van der Waals surface area contributed by atoms with Gasteiger partial charge in [-0.3, -0.25) is 9.10 Å². The molecule has 0 aliphatic rings. The standard InChI is InChI=1S/C25H19Cl3N4O4S/c1-36-19-9-7-16-11-17(25(28)30-22(16)13-19)14-29-31-24(33)15-32(23-10-8-18(26)12-21(23)27)37(34,35)20-5-3-2-4-6-20/h2-14H,15H2,1H3,(H,31,33). The molecule has 8 nitrogen and oxygen atoms in total. The lowest BCUT2D eigenvalue weighted by Crippen LogP contribution is -2.39. The number of hydrazone groups is 1. The number of hydrogen-bond acceptors (Lipinski definition) is 6. The summed E-state index contributed by atoms with van der Waals surface area (Å²) in [4.78, 5) is 17.1. The van der Waals surface area contributed by atoms with E-state index in [9.17, 15) is 13.2 Å². The van der Waals surface area contributed by atoms with Crippen molar-refractivity contribution in [2.45, 2.75) is 4.90 Å². The molecule has 0 saturated heterocycles. The second-order valence-electron chi connectivity index (χ2n) is 7.64. The molecule has 0 radical (unpaired) electrons. The first-order valence-electron chi connectivity index (χ1n) is 10.7. The van der Waals surface area contributed by atoms with Crippen molar-refractivity contribution >= 4 is 73.5 Å². The molecule has 0 aliphatic carbocycles. The summed E-state index contributed by atoms with van der Waals surface area (Å²) >= 11 is 18.5. The third-order valence-electron chi connectivity index (χ3n) is 5.20. The number of methoxy groups -OCH3 is 1. The van der Waals surface area contributed by atoms with Gasteiger partial charge in [0, 0.05) is 22.0 Å². The van der Waals surface area contributed by atoms with Gasteiger partial charge in [0.2, 0.25) is 0 Å². The van der Waals surface area contributed by atoms with Crippen LogP contribution in [0.3, 0.4) is 0 Å². The van der Waals surface area contributed by atoms with Crippen molar-refractivity contribution in [3.05, 3.63) is 93.6 Å². The van der Waals surface area contributed by atoms with Gasteiger partial charge >= 0.3 is 0 Å². The van der Waals surface area contributed by atoms with E-state index in [2.05, 4.69) is 15.5 Å². The zero-order chi connectivity index (χ0) is 26.6. The van der Waals surface area contributed by atoms with E-state index in [0.29, 0.717) is 21.9 Å². The molecule has 0 saturated carbocycles. The average Bonchev–Trinajstić information content (AvgIpc) is 2.88. The molecule has 1 aromatic heterocycles. The number of amides is 1. The van der Waals surface area contributed by atoms with Crippen LogP contribution in [-0.2, 0) is 14.8 Å². The number of fused-ring (bicyclic) bond motifs is 1. The number of anilines is 1. The number of pyridine rings is 1. The molecule has 1 amide bonds. The summed E-state index contributed by atoms with van der Waals surface area (Å²) < 4.78 is 32.9. The Kier molecular flexibility index (Phi) is 8.19. The SMILES string of the molecule is COc1ccc2cc(C=NNC(=O)CN(c3ccc(Cl)cc3Cl)S(=O)(=O)c3ccccc3)c(Cl)nc2c1. The first-order chi connectivity index (χ1) is 17.7. The maximum atomic E-state index is 13.4. The Morgan fingerprint density at radius 3 is 2.51 bits per heavy atom. The van der Waals surface area contributed by atoms with Gasteiger partial charge < -0.3 is 4.74 Å². The molecular formula is C25H19Cl3N4O4S. The molecule has 1 heterocycles. The Hall–Kier alpha value is -3.37. The van der Waals surface area contributed by atoms with Gasteiger partial charge in [-0.2, -0.15) is 5.10 Å². The number of aromatic nitrogens is 1. The van der Waals surface area contributed by atoms with Gasteiger partial charge in [-0.1, -0.05) is 53.0 Å². The van der Waals surface area contributed by atoms with Crippen LogP contribution in [0.25, 0.3) is 10.9 Å². The van der Waals surface area contributed by atoms with E-state index in [4.69, 9.17) is 39.5 Å². The van der Waals surface area contributed by atoms with E-state index in [1.807, 2.05) is 6.07 Å². The maximum Gasteiger partial charge on any atom is 0.264 e. The Morgan fingerprint density at radius 2 is 1.81 bits per heavy atom. The number of nitrogens with zero attached hydrogens (tertiary/aromatic N) is 3. The van der Waals surface area contributed by atoms with Gasteiger partial charge in [-0.15, -0.1) is 0 Å². The first kappa shape index (κ1) is 26.7. The van der Waals surface area contributed by atoms with Crippen molar-refractivity contribution in [3.63, 3.8) is 0 Å². The topological polar surface area (TPSA) is 101 Å². The highest BCUT2D eigenvalue weighted by Crippen LogP contribution is 2.32. The number of nitrogens with one attached hydrogen (secondary N) is 1. The quantitative estimate of drug-likeness (QED) is 0.168. The highest BCUT2D eigenvalue weighted by molar-refractivity contribution is 7.92. The second kappa shape index (κ2) is 11.4. The summed E-state index contributed by atoms with van der Waals surface area (Å²) in [5.41, 5.74) is 3.50. The lowest BCUT2D eigenvalue weighted by atomic mass is 10.1. The second-order valence-corrected chi connectivity index (χ2v) is 10.7. The summed E-state index contributed by atoms with van der Waals surface area (Å²) in [5, 5.41) is 5.27. The van der Waals surface area contributed by atoms with Gasteiger partial charge in [-0.25, -0.2) is 18.8 Å². The number of rotatable bonds is 8.